The molecule has 0 spiro atoms. The van der Waals surface area contributed by atoms with E-state index >= 15 is 0 Å². The molecule has 1 aliphatic heterocycles. The summed E-state index contributed by atoms with van der Waals surface area (Å²) in [5, 5.41) is 2.16. The molecule has 0 fully saturated rings. The Hall–Kier alpha value is -2.81. The number of carbonyl (C=O) groups is 1. The standard InChI is InChI=1S/C23H23NO2/c1-2-21(26-22-15-7-11-17-9-3-5-13-19(17)22)23(25)24-16-8-12-18-10-4-6-14-20(18)24/h3-7,9-11,13-15,21H,2,8,12,16H2,1H3/t21-/m1/s1. The van der Waals surface area contributed by atoms with Gasteiger partial charge in [0.25, 0.3) is 5.91 Å². The van der Waals surface area contributed by atoms with Crippen LogP contribution in [-0.4, -0.2) is 18.6 Å². The van der Waals surface area contributed by atoms with Gasteiger partial charge in [0.2, 0.25) is 0 Å². The molecule has 3 aromatic rings. The molecule has 0 aliphatic carbocycles. The number of aryl methyl sites for hydroxylation is 1. The highest BCUT2D eigenvalue weighted by molar-refractivity contribution is 5.98. The Morgan fingerprint density at radius 1 is 1.04 bits per heavy atom. The predicted molar refractivity (Wildman–Crippen MR) is 106 cm³/mol. The van der Waals surface area contributed by atoms with Crippen LogP contribution in [0.15, 0.2) is 66.7 Å². The number of carbonyl (C=O) groups excluding carboxylic acids is 1. The van der Waals surface area contributed by atoms with Crippen LogP contribution in [-0.2, 0) is 11.2 Å². The fourth-order valence-corrected chi connectivity index (χ4v) is 3.70. The van der Waals surface area contributed by atoms with E-state index in [0.717, 1.165) is 41.6 Å². The number of nitrogens with zero attached hydrogens (tertiary/aromatic N) is 1. The predicted octanol–water partition coefficient (Wildman–Crippen LogP) is 4.98. The van der Waals surface area contributed by atoms with Crippen LogP contribution in [0.1, 0.15) is 25.3 Å². The third-order valence-corrected chi connectivity index (χ3v) is 5.04. The summed E-state index contributed by atoms with van der Waals surface area (Å²) in [7, 11) is 0. The molecule has 3 nitrogen and oxygen atoms in total. The SMILES string of the molecule is CC[C@@H](Oc1cccc2ccccc12)C(=O)N1CCCc2ccccc21. The fraction of sp³-hybridized carbons (Fsp3) is 0.261. The normalized spacial score (nSPS) is 14.7. The maximum atomic E-state index is 13.2. The summed E-state index contributed by atoms with van der Waals surface area (Å²) < 4.78 is 6.22. The zero-order valence-corrected chi connectivity index (χ0v) is 15.0. The van der Waals surface area contributed by atoms with Gasteiger partial charge in [0.1, 0.15) is 5.75 Å². The molecule has 0 unspecified atom stereocenters. The number of fused-ring (bicyclic) bond motifs is 2. The Bertz CT molecular complexity index is 929. The fourth-order valence-electron chi connectivity index (χ4n) is 3.70. The van der Waals surface area contributed by atoms with Gasteiger partial charge in [0.15, 0.2) is 6.10 Å². The summed E-state index contributed by atoms with van der Waals surface area (Å²) >= 11 is 0. The lowest BCUT2D eigenvalue weighted by Crippen LogP contribution is -2.44. The van der Waals surface area contributed by atoms with Crippen molar-refractivity contribution < 1.29 is 9.53 Å². The third-order valence-electron chi connectivity index (χ3n) is 5.04. The number of hydrogen-bond donors (Lipinski definition) is 0. The molecule has 3 aromatic carbocycles. The number of anilines is 1. The minimum absolute atomic E-state index is 0.0487. The number of benzene rings is 3. The van der Waals surface area contributed by atoms with Crippen LogP contribution < -0.4 is 9.64 Å². The molecule has 3 heteroatoms. The quantitative estimate of drug-likeness (QED) is 0.668. The Kier molecular flexibility index (Phi) is 4.61. The van der Waals surface area contributed by atoms with E-state index in [1.54, 1.807) is 0 Å². The Balaban J connectivity index is 1.63. The number of hydrogen-bond acceptors (Lipinski definition) is 2. The highest BCUT2D eigenvalue weighted by Crippen LogP contribution is 2.30. The van der Waals surface area contributed by atoms with Crippen molar-refractivity contribution >= 4 is 22.4 Å². The number of para-hydroxylation sites is 1. The van der Waals surface area contributed by atoms with Gasteiger partial charge in [-0.3, -0.25) is 4.79 Å². The molecular weight excluding hydrogens is 322 g/mol. The maximum Gasteiger partial charge on any atom is 0.268 e. The van der Waals surface area contributed by atoms with Gasteiger partial charge in [-0.05, 0) is 42.3 Å². The van der Waals surface area contributed by atoms with Gasteiger partial charge in [-0.15, -0.1) is 0 Å². The summed E-state index contributed by atoms with van der Waals surface area (Å²) in [6, 6.07) is 22.3. The van der Waals surface area contributed by atoms with Crippen LogP contribution in [0, 0.1) is 0 Å². The molecule has 1 atom stereocenters. The first-order valence-electron chi connectivity index (χ1n) is 9.31. The maximum absolute atomic E-state index is 13.2. The molecule has 1 aliphatic rings. The van der Waals surface area contributed by atoms with E-state index < -0.39 is 6.10 Å². The molecule has 1 amide bonds. The van der Waals surface area contributed by atoms with E-state index in [1.807, 2.05) is 60.4 Å². The average Bonchev–Trinajstić information content (AvgIpc) is 2.71. The Morgan fingerprint density at radius 3 is 2.69 bits per heavy atom. The van der Waals surface area contributed by atoms with Crippen molar-refractivity contribution in [1.29, 1.82) is 0 Å². The van der Waals surface area contributed by atoms with Crippen molar-refractivity contribution in [3.05, 3.63) is 72.3 Å². The van der Waals surface area contributed by atoms with Crippen molar-refractivity contribution in [3.63, 3.8) is 0 Å². The summed E-state index contributed by atoms with van der Waals surface area (Å²) in [4.78, 5) is 15.1. The monoisotopic (exact) mass is 345 g/mol. The first-order valence-corrected chi connectivity index (χ1v) is 9.31. The molecule has 0 N–H and O–H groups in total. The lowest BCUT2D eigenvalue weighted by atomic mass is 10.0. The number of rotatable bonds is 4. The zero-order chi connectivity index (χ0) is 17.9. The Labute approximate surface area is 154 Å². The lowest BCUT2D eigenvalue weighted by molar-refractivity contribution is -0.125. The minimum atomic E-state index is -0.480. The van der Waals surface area contributed by atoms with E-state index in [0.29, 0.717) is 6.42 Å². The number of ether oxygens (including phenoxy) is 1. The van der Waals surface area contributed by atoms with Gasteiger partial charge >= 0.3 is 0 Å². The summed E-state index contributed by atoms with van der Waals surface area (Å²) in [6.07, 6.45) is 2.18. The van der Waals surface area contributed by atoms with Gasteiger partial charge in [0, 0.05) is 17.6 Å². The molecule has 0 saturated carbocycles. The molecule has 1 heterocycles. The summed E-state index contributed by atoms with van der Waals surface area (Å²) in [5.74, 6) is 0.821. The smallest absolute Gasteiger partial charge is 0.268 e. The average molecular weight is 345 g/mol. The molecule has 0 aromatic heterocycles. The van der Waals surface area contributed by atoms with Crippen molar-refractivity contribution in [2.24, 2.45) is 0 Å². The third kappa shape index (κ3) is 3.05. The first-order chi connectivity index (χ1) is 12.8. The van der Waals surface area contributed by atoms with Gasteiger partial charge in [-0.25, -0.2) is 0 Å². The molecule has 4 rings (SSSR count). The van der Waals surface area contributed by atoms with Crippen LogP contribution in [0.5, 0.6) is 5.75 Å². The van der Waals surface area contributed by atoms with Gasteiger partial charge < -0.3 is 9.64 Å². The summed E-state index contributed by atoms with van der Waals surface area (Å²) in [6.45, 7) is 2.76. The highest BCUT2D eigenvalue weighted by Gasteiger charge is 2.29. The van der Waals surface area contributed by atoms with Gasteiger partial charge in [-0.1, -0.05) is 61.5 Å². The molecule has 0 saturated heterocycles. The van der Waals surface area contributed by atoms with Crippen molar-refractivity contribution in [1.82, 2.24) is 0 Å². The van der Waals surface area contributed by atoms with Gasteiger partial charge in [-0.2, -0.15) is 0 Å². The van der Waals surface area contributed by atoms with E-state index in [9.17, 15) is 4.79 Å². The van der Waals surface area contributed by atoms with Crippen LogP contribution in [0.4, 0.5) is 5.69 Å². The van der Waals surface area contributed by atoms with Crippen molar-refractivity contribution in [2.45, 2.75) is 32.3 Å². The lowest BCUT2D eigenvalue weighted by Gasteiger charge is -2.32. The molecular formula is C23H23NO2. The second-order valence-electron chi connectivity index (χ2n) is 6.71. The van der Waals surface area contributed by atoms with Crippen LogP contribution >= 0.6 is 0 Å². The summed E-state index contributed by atoms with van der Waals surface area (Å²) in [5.41, 5.74) is 2.27. The molecule has 26 heavy (non-hydrogen) atoms. The number of amides is 1. The van der Waals surface area contributed by atoms with Crippen LogP contribution in [0.25, 0.3) is 10.8 Å². The van der Waals surface area contributed by atoms with Crippen molar-refractivity contribution in [2.75, 3.05) is 11.4 Å². The zero-order valence-electron chi connectivity index (χ0n) is 15.0. The van der Waals surface area contributed by atoms with Crippen molar-refractivity contribution in [3.8, 4) is 5.75 Å². The topological polar surface area (TPSA) is 29.5 Å². The van der Waals surface area contributed by atoms with Crippen LogP contribution in [0.3, 0.4) is 0 Å². The van der Waals surface area contributed by atoms with E-state index in [4.69, 9.17) is 4.74 Å². The first kappa shape index (κ1) is 16.6. The van der Waals surface area contributed by atoms with E-state index in [2.05, 4.69) is 18.2 Å². The van der Waals surface area contributed by atoms with E-state index in [1.165, 1.54) is 5.56 Å². The second kappa shape index (κ2) is 7.20. The molecule has 0 radical (unpaired) electrons. The van der Waals surface area contributed by atoms with E-state index in [-0.39, 0.29) is 5.91 Å². The van der Waals surface area contributed by atoms with Crippen LogP contribution in [0.2, 0.25) is 0 Å². The highest BCUT2D eigenvalue weighted by atomic mass is 16.5. The second-order valence-corrected chi connectivity index (χ2v) is 6.71. The molecule has 132 valence electrons. The van der Waals surface area contributed by atoms with Gasteiger partial charge in [0.05, 0.1) is 0 Å². The largest absolute Gasteiger partial charge is 0.480 e. The minimum Gasteiger partial charge on any atom is -0.480 e. The molecule has 0 bridgehead atoms. The Morgan fingerprint density at radius 2 is 1.81 bits per heavy atom.